The predicted octanol–water partition coefficient (Wildman–Crippen LogP) is 25.3. The maximum atomic E-state index is 12.8. The van der Waals surface area contributed by atoms with Crippen molar-refractivity contribution in [2.75, 3.05) is 21.3 Å². The fourth-order valence-corrected chi connectivity index (χ4v) is 11.2. The van der Waals surface area contributed by atoms with E-state index in [-0.39, 0.29) is 45.5 Å². The van der Waals surface area contributed by atoms with Crippen LogP contribution in [-0.4, -0.2) is 46.6 Å². The van der Waals surface area contributed by atoms with Gasteiger partial charge in [-0.3, -0.25) is 0 Å². The van der Waals surface area contributed by atoms with E-state index in [0.29, 0.717) is 33.6 Å². The second-order valence-electron chi connectivity index (χ2n) is 17.7. The van der Waals surface area contributed by atoms with Gasteiger partial charge in [0, 0.05) is 11.5 Å². The van der Waals surface area contributed by atoms with Gasteiger partial charge in [-0.1, -0.05) is 216 Å². The Bertz CT molecular complexity index is 3870. The first-order chi connectivity index (χ1) is 48.5. The fraction of sp³-hybridized carbons (Fsp3) is 0.302. The van der Waals surface area contributed by atoms with Crippen LogP contribution in [0.25, 0.3) is 11.1 Å². The van der Waals surface area contributed by atoms with Crippen LogP contribution < -0.4 is 23.7 Å². The molecule has 0 amide bonds. The van der Waals surface area contributed by atoms with Crippen molar-refractivity contribution in [3.63, 3.8) is 0 Å². The number of benzene rings is 10. The van der Waals surface area contributed by atoms with Gasteiger partial charge in [0.1, 0.15) is 28.7 Å². The van der Waals surface area contributed by atoms with Gasteiger partial charge in [0.2, 0.25) is 29.5 Å². The van der Waals surface area contributed by atoms with Crippen LogP contribution >= 0.6 is 0 Å². The Labute approximate surface area is 627 Å². The van der Waals surface area contributed by atoms with E-state index in [2.05, 4.69) is 12.1 Å². The molecule has 0 unspecified atom stereocenters. The van der Waals surface area contributed by atoms with Gasteiger partial charge in [0.25, 0.3) is 0 Å². The van der Waals surface area contributed by atoms with Crippen LogP contribution in [0.5, 0.6) is 40.2 Å². The quantitative estimate of drug-likeness (QED) is 0.0958. The van der Waals surface area contributed by atoms with Gasteiger partial charge in [0.15, 0.2) is 0 Å². The minimum Gasteiger partial charge on any atom is -0.522 e. The van der Waals surface area contributed by atoms with E-state index >= 15 is 0 Å². The van der Waals surface area contributed by atoms with Crippen molar-refractivity contribution in [3.8, 4) is 51.4 Å². The molecule has 15 heteroatoms. The summed E-state index contributed by atoms with van der Waals surface area (Å²) in [6.45, 7) is 45.8. The first kappa shape index (κ1) is 101. The molecule has 10 rings (SSSR count). The molecule has 0 radical (unpaired) electrons. The number of hydrogen-bond acceptors (Lipinski definition) is 11. The Hall–Kier alpha value is -8.26. The monoisotopic (exact) mass is 1610 g/mol. The maximum absolute atomic E-state index is 12.8. The van der Waals surface area contributed by atoms with Gasteiger partial charge < -0.3 is 23.7 Å². The Morgan fingerprint density at radius 2 is 0.366 bits per heavy atom. The van der Waals surface area contributed by atoms with Gasteiger partial charge >= 0.3 is 21.1 Å². The summed E-state index contributed by atoms with van der Waals surface area (Å²) in [5.41, 5.74) is 5.21. The van der Waals surface area contributed by atoms with Crippen molar-refractivity contribution in [2.45, 2.75) is 189 Å². The van der Waals surface area contributed by atoms with Crippen LogP contribution in [0.3, 0.4) is 0 Å². The molecule has 552 valence electrons. The summed E-state index contributed by atoms with van der Waals surface area (Å²) in [6.07, 6.45) is 0. The molecule has 0 aliphatic heterocycles. The van der Waals surface area contributed by atoms with E-state index in [0.717, 1.165) is 39.3 Å². The molecule has 0 bridgehead atoms. The minimum atomic E-state index is -3.55. The zero-order chi connectivity index (χ0) is 77.1. The SMILES string of the molecule is CC.CC.CC.CC.CC.CC.CC.CC.CC.CC.COc1cc[c-]cc1.COc1ccc(-c2ccc(Oc3ccc(S(=O)(=O)c4ccc(C)cc4)cc3)cc2)cc1.COc1ccc(S(=O)(=O)c2ccc(C)cc2)cc1.Cc1ccc(S(=O)(=O)c2ccc(Oc3cc[c-]cc3)cc2)cc1.[W+2]. The van der Waals surface area contributed by atoms with Crippen LogP contribution in [0.4, 0.5) is 0 Å². The molecule has 0 spiro atoms. The number of methoxy groups -OCH3 is 3. The predicted molar refractivity (Wildman–Crippen MR) is 425 cm³/mol. The van der Waals surface area contributed by atoms with Crippen molar-refractivity contribution < 1.29 is 70.0 Å². The molecule has 101 heavy (non-hydrogen) atoms. The molecule has 0 fully saturated rings. The Morgan fingerprint density at radius 3 is 0.564 bits per heavy atom. The van der Waals surface area contributed by atoms with Crippen molar-refractivity contribution in [1.82, 2.24) is 0 Å². The fourth-order valence-electron chi connectivity index (χ4n) is 7.41. The number of rotatable bonds is 14. The molecular weight excluding hydrogens is 1490 g/mol. The second kappa shape index (κ2) is 61.6. The molecule has 10 aromatic carbocycles. The average molecular weight is 1610 g/mol. The molecule has 0 aliphatic carbocycles. The first-order valence-corrected chi connectivity index (χ1v) is 39.3. The van der Waals surface area contributed by atoms with Crippen LogP contribution in [0, 0.1) is 32.9 Å². The maximum Gasteiger partial charge on any atom is 2.00 e. The van der Waals surface area contributed by atoms with E-state index in [1.54, 1.807) is 191 Å². The summed E-state index contributed by atoms with van der Waals surface area (Å²) in [6, 6.07) is 75.5. The first-order valence-electron chi connectivity index (χ1n) is 34.8. The minimum absolute atomic E-state index is 0. The topological polar surface area (TPSA) is 149 Å². The van der Waals surface area contributed by atoms with Crippen LogP contribution in [0.15, 0.2) is 272 Å². The smallest absolute Gasteiger partial charge is 0.522 e. The Balaban J connectivity index is -0.000000391. The average Bonchev–Trinajstić information content (AvgIpc) is 0.820. The number of hydrogen-bond donors (Lipinski definition) is 0. The van der Waals surface area contributed by atoms with E-state index < -0.39 is 29.5 Å². The molecule has 0 atom stereocenters. The second-order valence-corrected chi connectivity index (χ2v) is 23.5. The molecule has 10 aromatic rings. The zero-order valence-corrected chi connectivity index (χ0v) is 70.6. The van der Waals surface area contributed by atoms with Crippen LogP contribution in [-0.2, 0) is 50.6 Å². The number of aryl methyl sites for hydroxylation is 3. The van der Waals surface area contributed by atoms with E-state index in [9.17, 15) is 25.3 Å². The van der Waals surface area contributed by atoms with Crippen molar-refractivity contribution >= 4 is 29.5 Å². The normalized spacial score (nSPS) is 9.25. The molecular formula is C86H118O11S3W. The van der Waals surface area contributed by atoms with Crippen molar-refractivity contribution in [2.24, 2.45) is 0 Å². The Morgan fingerprint density at radius 1 is 0.218 bits per heavy atom. The summed E-state index contributed by atoms with van der Waals surface area (Å²) in [7, 11) is -5.66. The van der Waals surface area contributed by atoms with Gasteiger partial charge in [-0.15, -0.1) is 24.3 Å². The standard InChI is InChI=1S/C26H22O4S.C19H15O3S.C14H14O3S.C7H7O.10C2H6.W/c1-19-3-15-25(16-4-19)31(27,28)26-17-13-24(14-18-26)30-23-11-7-21(8-12-23)20-5-9-22(29-2)10-6-20;1-15-7-11-18(12-8-15)23(20,21)19-13-9-17(10-14-19)22-16-5-3-2-4-6-16;1-11-3-7-13(8-4-11)18(15,16)14-9-5-12(17-2)6-10-14;1-8-7-5-3-2-4-6-7;10*1-2;/h3-18H,1-2H3;3-14H,1H3;3-10H,1-2H3;3-6H,1H3;10*1-2H3;/q;-1;;-1;;;;;;;;;;;+2. The third-order valence-electron chi connectivity index (χ3n) is 12.0. The third kappa shape index (κ3) is 36.8. The van der Waals surface area contributed by atoms with Crippen LogP contribution in [0.1, 0.15) is 155 Å². The summed E-state index contributed by atoms with van der Waals surface area (Å²) < 4.78 is 102. The third-order valence-corrected chi connectivity index (χ3v) is 17.3. The van der Waals surface area contributed by atoms with E-state index in [1.807, 2.05) is 232 Å². The van der Waals surface area contributed by atoms with Gasteiger partial charge in [0.05, 0.1) is 50.7 Å². The molecule has 11 nitrogen and oxygen atoms in total. The van der Waals surface area contributed by atoms with E-state index in [4.69, 9.17) is 23.7 Å². The summed E-state index contributed by atoms with van der Waals surface area (Å²) in [4.78, 5) is 1.62. The van der Waals surface area contributed by atoms with E-state index in [1.165, 1.54) is 0 Å². The van der Waals surface area contributed by atoms with Crippen molar-refractivity contribution in [1.29, 1.82) is 0 Å². The van der Waals surface area contributed by atoms with Gasteiger partial charge in [-0.2, -0.15) is 36.4 Å². The molecule has 0 N–H and O–H groups in total. The number of ether oxygens (including phenoxy) is 5. The number of sulfone groups is 3. The van der Waals surface area contributed by atoms with Gasteiger partial charge in [-0.05, 0) is 165 Å². The Kier molecular flexibility index (Phi) is 61.8. The van der Waals surface area contributed by atoms with Gasteiger partial charge in [-0.25, -0.2) is 25.3 Å². The largest absolute Gasteiger partial charge is 2.00 e. The summed E-state index contributed by atoms with van der Waals surface area (Å²) in [5, 5.41) is 0. The summed E-state index contributed by atoms with van der Waals surface area (Å²) in [5.74, 6) is 4.83. The summed E-state index contributed by atoms with van der Waals surface area (Å²) >= 11 is 0. The molecule has 0 saturated carbocycles. The molecule has 0 heterocycles. The molecule has 0 aliphatic rings. The zero-order valence-electron chi connectivity index (χ0n) is 65.2. The molecule has 0 aromatic heterocycles. The van der Waals surface area contributed by atoms with Crippen molar-refractivity contribution in [3.05, 3.63) is 271 Å². The molecule has 0 saturated heterocycles. The van der Waals surface area contributed by atoms with Crippen LogP contribution in [0.2, 0.25) is 0 Å².